The number of nitrogens with one attached hydrogen (secondary N) is 1. The van der Waals surface area contributed by atoms with Gasteiger partial charge in [0.1, 0.15) is 0 Å². The standard InChI is InChI=1S/C13H13ClF3N3/c1-20-8-9(7-19-20)4-5-18-12-3-2-10(14)6-11(12)13(15,16)17/h2-3,6-8,18H,4-5H2,1H3. The van der Waals surface area contributed by atoms with Gasteiger partial charge in [-0.1, -0.05) is 11.6 Å². The van der Waals surface area contributed by atoms with E-state index in [4.69, 9.17) is 11.6 Å². The van der Waals surface area contributed by atoms with Crippen molar-refractivity contribution < 1.29 is 13.2 Å². The summed E-state index contributed by atoms with van der Waals surface area (Å²) in [5.74, 6) is 0. The van der Waals surface area contributed by atoms with Gasteiger partial charge in [0.25, 0.3) is 0 Å². The Morgan fingerprint density at radius 2 is 2.10 bits per heavy atom. The SMILES string of the molecule is Cn1cc(CCNc2ccc(Cl)cc2C(F)(F)F)cn1. The molecule has 1 heterocycles. The van der Waals surface area contributed by atoms with E-state index in [1.165, 1.54) is 12.1 Å². The summed E-state index contributed by atoms with van der Waals surface area (Å²) in [4.78, 5) is 0. The molecule has 1 aromatic carbocycles. The third kappa shape index (κ3) is 3.66. The van der Waals surface area contributed by atoms with Crippen LogP contribution in [0, 0.1) is 0 Å². The number of halogens is 4. The summed E-state index contributed by atoms with van der Waals surface area (Å²) in [5, 5.41) is 6.86. The van der Waals surface area contributed by atoms with Gasteiger partial charge in [0, 0.05) is 30.5 Å². The zero-order valence-corrected chi connectivity index (χ0v) is 11.5. The Morgan fingerprint density at radius 1 is 1.35 bits per heavy atom. The summed E-state index contributed by atoms with van der Waals surface area (Å²) in [6, 6.07) is 3.70. The van der Waals surface area contributed by atoms with Crippen LogP contribution in [0.5, 0.6) is 0 Å². The molecule has 1 aromatic heterocycles. The van der Waals surface area contributed by atoms with Crippen LogP contribution in [0.2, 0.25) is 5.02 Å². The molecule has 20 heavy (non-hydrogen) atoms. The van der Waals surface area contributed by atoms with Crippen molar-refractivity contribution in [3.63, 3.8) is 0 Å². The fraction of sp³-hybridized carbons (Fsp3) is 0.308. The molecule has 108 valence electrons. The highest BCUT2D eigenvalue weighted by Crippen LogP contribution is 2.36. The van der Waals surface area contributed by atoms with E-state index >= 15 is 0 Å². The molecule has 0 radical (unpaired) electrons. The minimum atomic E-state index is -4.43. The first kappa shape index (κ1) is 14.7. The van der Waals surface area contributed by atoms with Crippen LogP contribution in [0.3, 0.4) is 0 Å². The number of aromatic nitrogens is 2. The lowest BCUT2D eigenvalue weighted by Crippen LogP contribution is -2.12. The van der Waals surface area contributed by atoms with Crippen molar-refractivity contribution in [1.29, 1.82) is 0 Å². The van der Waals surface area contributed by atoms with Crippen LogP contribution in [0.15, 0.2) is 30.6 Å². The van der Waals surface area contributed by atoms with Crippen molar-refractivity contribution >= 4 is 17.3 Å². The lowest BCUT2D eigenvalue weighted by molar-refractivity contribution is -0.136. The van der Waals surface area contributed by atoms with Crippen LogP contribution < -0.4 is 5.32 Å². The third-order valence-electron chi connectivity index (χ3n) is 2.77. The Kier molecular flexibility index (Phi) is 4.23. The third-order valence-corrected chi connectivity index (χ3v) is 3.01. The summed E-state index contributed by atoms with van der Waals surface area (Å²) < 4.78 is 40.3. The quantitative estimate of drug-likeness (QED) is 0.932. The number of rotatable bonds is 4. The van der Waals surface area contributed by atoms with E-state index < -0.39 is 11.7 Å². The number of hydrogen-bond acceptors (Lipinski definition) is 2. The van der Waals surface area contributed by atoms with Gasteiger partial charge in [-0.3, -0.25) is 4.68 Å². The number of hydrogen-bond donors (Lipinski definition) is 1. The van der Waals surface area contributed by atoms with Crippen LogP contribution in [0.1, 0.15) is 11.1 Å². The Labute approximate surface area is 119 Å². The van der Waals surface area contributed by atoms with Crippen molar-refractivity contribution in [3.8, 4) is 0 Å². The maximum absolute atomic E-state index is 12.9. The zero-order chi connectivity index (χ0) is 14.8. The number of anilines is 1. The molecule has 0 aliphatic heterocycles. The van der Waals surface area contributed by atoms with Crippen molar-refractivity contribution in [1.82, 2.24) is 9.78 Å². The predicted octanol–water partition coefficient (Wildman–Crippen LogP) is 3.75. The number of benzene rings is 1. The molecule has 0 saturated carbocycles. The van der Waals surface area contributed by atoms with E-state index in [9.17, 15) is 13.2 Å². The number of nitrogens with zero attached hydrogens (tertiary/aromatic N) is 2. The predicted molar refractivity (Wildman–Crippen MR) is 71.9 cm³/mol. The lowest BCUT2D eigenvalue weighted by Gasteiger charge is -2.14. The normalized spacial score (nSPS) is 11.7. The van der Waals surface area contributed by atoms with E-state index in [0.717, 1.165) is 11.6 Å². The lowest BCUT2D eigenvalue weighted by atomic mass is 10.1. The average Bonchev–Trinajstić information content (AvgIpc) is 2.76. The van der Waals surface area contributed by atoms with Crippen LogP contribution >= 0.6 is 11.6 Å². The molecule has 0 aliphatic rings. The highest BCUT2D eigenvalue weighted by atomic mass is 35.5. The molecule has 0 fully saturated rings. The smallest absolute Gasteiger partial charge is 0.384 e. The Balaban J connectivity index is 2.06. The largest absolute Gasteiger partial charge is 0.418 e. The molecule has 0 atom stereocenters. The van der Waals surface area contributed by atoms with Crippen molar-refractivity contribution in [2.24, 2.45) is 7.05 Å². The van der Waals surface area contributed by atoms with Crippen LogP contribution in [-0.4, -0.2) is 16.3 Å². The molecule has 0 unspecified atom stereocenters. The summed E-state index contributed by atoms with van der Waals surface area (Å²) in [6.45, 7) is 0.385. The van der Waals surface area contributed by atoms with E-state index in [1.54, 1.807) is 17.9 Å². The Bertz CT molecular complexity index is 593. The van der Waals surface area contributed by atoms with Gasteiger partial charge in [-0.05, 0) is 30.2 Å². The molecule has 7 heteroatoms. The maximum atomic E-state index is 12.9. The van der Waals surface area contributed by atoms with E-state index in [2.05, 4.69) is 10.4 Å². The first-order valence-electron chi connectivity index (χ1n) is 5.94. The molecule has 1 N–H and O–H groups in total. The van der Waals surface area contributed by atoms with Gasteiger partial charge in [0.05, 0.1) is 11.8 Å². The molecule has 0 bridgehead atoms. The summed E-state index contributed by atoms with van der Waals surface area (Å²) in [5.41, 5.74) is 0.240. The second-order valence-electron chi connectivity index (χ2n) is 4.39. The number of alkyl halides is 3. The fourth-order valence-electron chi connectivity index (χ4n) is 1.85. The number of aryl methyl sites for hydroxylation is 1. The maximum Gasteiger partial charge on any atom is 0.418 e. The monoisotopic (exact) mass is 303 g/mol. The average molecular weight is 304 g/mol. The highest BCUT2D eigenvalue weighted by molar-refractivity contribution is 6.30. The summed E-state index contributed by atoms with van der Waals surface area (Å²) >= 11 is 5.62. The van der Waals surface area contributed by atoms with Gasteiger partial charge < -0.3 is 5.32 Å². The van der Waals surface area contributed by atoms with Crippen LogP contribution in [0.25, 0.3) is 0 Å². The second kappa shape index (κ2) is 5.75. The second-order valence-corrected chi connectivity index (χ2v) is 4.82. The first-order chi connectivity index (χ1) is 9.36. The van der Waals surface area contributed by atoms with Gasteiger partial charge in [0.15, 0.2) is 0 Å². The first-order valence-corrected chi connectivity index (χ1v) is 6.32. The van der Waals surface area contributed by atoms with Gasteiger partial charge in [-0.2, -0.15) is 18.3 Å². The molecule has 0 spiro atoms. The summed E-state index contributed by atoms with van der Waals surface area (Å²) in [7, 11) is 1.79. The van der Waals surface area contributed by atoms with Crippen molar-refractivity contribution in [2.45, 2.75) is 12.6 Å². The van der Waals surface area contributed by atoms with Crippen LogP contribution in [-0.2, 0) is 19.6 Å². The molecule has 0 amide bonds. The van der Waals surface area contributed by atoms with Gasteiger partial charge in [-0.15, -0.1) is 0 Å². The van der Waals surface area contributed by atoms with Crippen LogP contribution in [0.4, 0.5) is 18.9 Å². The molecule has 2 aromatic rings. The Morgan fingerprint density at radius 3 is 2.70 bits per heavy atom. The van der Waals surface area contributed by atoms with Crippen molar-refractivity contribution in [3.05, 3.63) is 46.7 Å². The molecule has 0 saturated heterocycles. The van der Waals surface area contributed by atoms with Gasteiger partial charge >= 0.3 is 6.18 Å². The van der Waals surface area contributed by atoms with E-state index in [0.29, 0.717) is 13.0 Å². The minimum Gasteiger partial charge on any atom is -0.384 e. The highest BCUT2D eigenvalue weighted by Gasteiger charge is 2.33. The minimum absolute atomic E-state index is 0.0331. The molecule has 0 aliphatic carbocycles. The Hall–Kier alpha value is -1.69. The topological polar surface area (TPSA) is 29.9 Å². The van der Waals surface area contributed by atoms with E-state index in [-0.39, 0.29) is 10.7 Å². The van der Waals surface area contributed by atoms with Gasteiger partial charge in [0.2, 0.25) is 0 Å². The zero-order valence-electron chi connectivity index (χ0n) is 10.7. The fourth-order valence-corrected chi connectivity index (χ4v) is 2.02. The van der Waals surface area contributed by atoms with Gasteiger partial charge in [-0.25, -0.2) is 0 Å². The van der Waals surface area contributed by atoms with Crippen molar-refractivity contribution in [2.75, 3.05) is 11.9 Å². The summed E-state index contributed by atoms with van der Waals surface area (Å²) in [6.07, 6.45) is -0.322. The molecule has 3 nitrogen and oxygen atoms in total. The molecule has 2 rings (SSSR count). The molecular formula is C13H13ClF3N3. The van der Waals surface area contributed by atoms with E-state index in [1.807, 2.05) is 6.20 Å². The molecular weight excluding hydrogens is 291 g/mol.